The van der Waals surface area contributed by atoms with E-state index in [0.29, 0.717) is 11.3 Å². The van der Waals surface area contributed by atoms with Crippen molar-refractivity contribution in [3.05, 3.63) is 59.7 Å². The van der Waals surface area contributed by atoms with Crippen molar-refractivity contribution in [3.63, 3.8) is 0 Å². The van der Waals surface area contributed by atoms with E-state index in [2.05, 4.69) is 0 Å². The van der Waals surface area contributed by atoms with Gasteiger partial charge in [0.05, 0.1) is 7.11 Å². The second kappa shape index (κ2) is 6.80. The van der Waals surface area contributed by atoms with E-state index in [1.165, 1.54) is 12.0 Å². The molecule has 0 aliphatic carbocycles. The van der Waals surface area contributed by atoms with Crippen molar-refractivity contribution >= 4 is 17.6 Å². The van der Waals surface area contributed by atoms with Gasteiger partial charge in [0.2, 0.25) is 0 Å². The zero-order chi connectivity index (χ0) is 16.1. The Hall–Kier alpha value is -2.75. The summed E-state index contributed by atoms with van der Waals surface area (Å²) in [6, 6.07) is 14.5. The van der Waals surface area contributed by atoms with Crippen LogP contribution in [0.25, 0.3) is 11.6 Å². The third-order valence-electron chi connectivity index (χ3n) is 3.24. The molecule has 0 atom stereocenters. The van der Waals surface area contributed by atoms with Crippen molar-refractivity contribution in [2.75, 3.05) is 21.2 Å². The molecule has 0 aromatic heterocycles. The first-order valence-electron chi connectivity index (χ1n) is 6.88. The highest BCUT2D eigenvalue weighted by Crippen LogP contribution is 2.28. The molecule has 4 nitrogen and oxygen atoms in total. The Balaban J connectivity index is 2.51. The van der Waals surface area contributed by atoms with E-state index < -0.39 is 0 Å². The molecule has 0 fully saturated rings. The molecule has 1 amide bonds. The quantitative estimate of drug-likeness (QED) is 0.697. The second-order valence-electron chi connectivity index (χ2n) is 5.05. The molecule has 114 valence electrons. The molecule has 2 aromatic rings. The van der Waals surface area contributed by atoms with E-state index in [-0.39, 0.29) is 11.7 Å². The fourth-order valence-corrected chi connectivity index (χ4v) is 2.08. The summed E-state index contributed by atoms with van der Waals surface area (Å²) in [5.41, 5.74) is 2.20. The normalized spacial score (nSPS) is 11.1. The Labute approximate surface area is 130 Å². The number of benzene rings is 2. The summed E-state index contributed by atoms with van der Waals surface area (Å²) in [4.78, 5) is 14.0. The molecular weight excluding hydrogens is 278 g/mol. The van der Waals surface area contributed by atoms with Crippen molar-refractivity contribution in [2.24, 2.45) is 0 Å². The van der Waals surface area contributed by atoms with Gasteiger partial charge in [-0.3, -0.25) is 4.79 Å². The lowest BCUT2D eigenvalue weighted by Gasteiger charge is -2.14. The number of likely N-dealkylation sites (N-methyl/N-ethyl adjacent to an activating group) is 1. The minimum atomic E-state index is -0.0850. The zero-order valence-corrected chi connectivity index (χ0v) is 12.9. The van der Waals surface area contributed by atoms with Crippen LogP contribution in [0.5, 0.6) is 11.5 Å². The highest BCUT2D eigenvalue weighted by molar-refractivity contribution is 6.24. The molecule has 0 aliphatic heterocycles. The molecule has 0 unspecified atom stereocenters. The number of hydrogen-bond acceptors (Lipinski definition) is 3. The van der Waals surface area contributed by atoms with Crippen LogP contribution in [0.3, 0.4) is 0 Å². The fourth-order valence-electron chi connectivity index (χ4n) is 2.08. The average Bonchev–Trinajstić information content (AvgIpc) is 2.54. The molecule has 0 spiro atoms. The summed E-state index contributed by atoms with van der Waals surface area (Å²) in [6.45, 7) is 0. The summed E-state index contributed by atoms with van der Waals surface area (Å²) in [7, 11) is 4.93. The second-order valence-corrected chi connectivity index (χ2v) is 5.05. The largest absolute Gasteiger partial charge is 0.504 e. The molecular formula is C18H19NO3. The van der Waals surface area contributed by atoms with E-state index in [9.17, 15) is 9.90 Å². The minimum absolute atomic E-state index is 0.0693. The van der Waals surface area contributed by atoms with Gasteiger partial charge >= 0.3 is 0 Å². The van der Waals surface area contributed by atoms with Crippen molar-refractivity contribution < 1.29 is 14.6 Å². The number of nitrogens with zero attached hydrogens (tertiary/aromatic N) is 1. The monoisotopic (exact) mass is 297 g/mol. The summed E-state index contributed by atoms with van der Waals surface area (Å²) < 4.78 is 5.11. The predicted octanol–water partition coefficient (Wildman–Crippen LogP) is 3.03. The van der Waals surface area contributed by atoms with Gasteiger partial charge in [-0.1, -0.05) is 36.4 Å². The van der Waals surface area contributed by atoms with E-state index in [1.807, 2.05) is 30.3 Å². The smallest absolute Gasteiger partial charge is 0.253 e. The summed E-state index contributed by atoms with van der Waals surface area (Å²) in [5.74, 6) is 0.358. The SMILES string of the molecule is COc1cc(/C=C(/C(=O)N(C)C)c2ccccc2)ccc1O. The Kier molecular flexibility index (Phi) is 4.84. The zero-order valence-electron chi connectivity index (χ0n) is 12.9. The number of ether oxygens (including phenoxy) is 1. The number of carbonyl (C=O) groups excluding carboxylic acids is 1. The molecule has 0 saturated heterocycles. The molecule has 0 aliphatic rings. The number of phenolic OH excluding ortho intramolecular Hbond substituents is 1. The number of carbonyl (C=O) groups is 1. The Morgan fingerprint density at radius 3 is 2.41 bits per heavy atom. The molecule has 2 aromatic carbocycles. The molecule has 22 heavy (non-hydrogen) atoms. The van der Waals surface area contributed by atoms with E-state index >= 15 is 0 Å². The number of amides is 1. The highest BCUT2D eigenvalue weighted by Gasteiger charge is 2.14. The maximum Gasteiger partial charge on any atom is 0.253 e. The summed E-state index contributed by atoms with van der Waals surface area (Å²) in [6.07, 6.45) is 1.79. The lowest BCUT2D eigenvalue weighted by Crippen LogP contribution is -2.22. The van der Waals surface area contributed by atoms with Crippen LogP contribution >= 0.6 is 0 Å². The standard InChI is InChI=1S/C18H19NO3/c1-19(2)18(21)15(14-7-5-4-6-8-14)11-13-9-10-16(20)17(12-13)22-3/h4-12,20H,1-3H3/b15-11+. The van der Waals surface area contributed by atoms with Crippen LogP contribution < -0.4 is 4.74 Å². The van der Waals surface area contributed by atoms with Gasteiger partial charge in [-0.05, 0) is 29.3 Å². The van der Waals surface area contributed by atoms with Crippen LogP contribution in [0.1, 0.15) is 11.1 Å². The number of rotatable bonds is 4. The van der Waals surface area contributed by atoms with Crippen LogP contribution in [0.4, 0.5) is 0 Å². The number of phenols is 1. The van der Waals surface area contributed by atoms with Gasteiger partial charge in [-0.25, -0.2) is 0 Å². The minimum Gasteiger partial charge on any atom is -0.504 e. The number of hydrogen-bond donors (Lipinski definition) is 1. The Morgan fingerprint density at radius 1 is 1.14 bits per heavy atom. The Morgan fingerprint density at radius 2 is 1.82 bits per heavy atom. The van der Waals surface area contributed by atoms with Crippen molar-refractivity contribution in [3.8, 4) is 11.5 Å². The predicted molar refractivity (Wildman–Crippen MR) is 87.7 cm³/mol. The highest BCUT2D eigenvalue weighted by atomic mass is 16.5. The molecule has 0 heterocycles. The third-order valence-corrected chi connectivity index (χ3v) is 3.24. The first-order chi connectivity index (χ1) is 10.5. The molecule has 0 radical (unpaired) electrons. The van der Waals surface area contributed by atoms with Gasteiger partial charge < -0.3 is 14.7 Å². The van der Waals surface area contributed by atoms with Gasteiger partial charge in [0.15, 0.2) is 11.5 Å². The number of methoxy groups -OCH3 is 1. The van der Waals surface area contributed by atoms with E-state index in [4.69, 9.17) is 4.74 Å². The van der Waals surface area contributed by atoms with Crippen LogP contribution in [0.2, 0.25) is 0 Å². The van der Waals surface area contributed by atoms with Gasteiger partial charge in [-0.2, -0.15) is 0 Å². The fraction of sp³-hybridized carbons (Fsp3) is 0.167. The maximum absolute atomic E-state index is 12.4. The maximum atomic E-state index is 12.4. The van der Waals surface area contributed by atoms with Gasteiger partial charge in [-0.15, -0.1) is 0 Å². The summed E-state index contributed by atoms with van der Waals surface area (Å²) >= 11 is 0. The molecule has 2 rings (SSSR count). The van der Waals surface area contributed by atoms with Crippen LogP contribution in [0, 0.1) is 0 Å². The van der Waals surface area contributed by atoms with E-state index in [1.54, 1.807) is 38.4 Å². The van der Waals surface area contributed by atoms with Crippen LogP contribution in [0.15, 0.2) is 48.5 Å². The lowest BCUT2D eigenvalue weighted by molar-refractivity contribution is -0.122. The molecule has 0 bridgehead atoms. The summed E-state index contributed by atoms with van der Waals surface area (Å²) in [5, 5.41) is 9.66. The van der Waals surface area contributed by atoms with E-state index in [0.717, 1.165) is 11.1 Å². The molecule has 4 heteroatoms. The lowest BCUT2D eigenvalue weighted by atomic mass is 10.0. The van der Waals surface area contributed by atoms with Crippen molar-refractivity contribution in [1.82, 2.24) is 4.90 Å². The van der Waals surface area contributed by atoms with Crippen LogP contribution in [-0.2, 0) is 4.79 Å². The van der Waals surface area contributed by atoms with Gasteiger partial charge in [0.1, 0.15) is 0 Å². The molecule has 0 saturated carbocycles. The van der Waals surface area contributed by atoms with Crippen molar-refractivity contribution in [2.45, 2.75) is 0 Å². The molecule has 1 N–H and O–H groups in total. The Bertz CT molecular complexity index is 691. The van der Waals surface area contributed by atoms with Crippen molar-refractivity contribution in [1.29, 1.82) is 0 Å². The average molecular weight is 297 g/mol. The topological polar surface area (TPSA) is 49.8 Å². The third kappa shape index (κ3) is 3.47. The van der Waals surface area contributed by atoms with Gasteiger partial charge in [0, 0.05) is 19.7 Å². The van der Waals surface area contributed by atoms with Gasteiger partial charge in [0.25, 0.3) is 5.91 Å². The first kappa shape index (κ1) is 15.6. The van der Waals surface area contributed by atoms with Crippen LogP contribution in [-0.4, -0.2) is 37.1 Å². The first-order valence-corrected chi connectivity index (χ1v) is 6.88. The number of aromatic hydroxyl groups is 1.